The first-order valence-corrected chi connectivity index (χ1v) is 8.58. The molecular formula is C14H30N2SV. The second-order valence-corrected chi connectivity index (χ2v) is 5.27. The quantitative estimate of drug-likeness (QED) is 0.679. The van der Waals surface area contributed by atoms with Crippen LogP contribution in [0.25, 0.3) is 0 Å². The van der Waals surface area contributed by atoms with Crippen LogP contribution in [0.4, 0.5) is 0 Å². The molecule has 0 aliphatic carbocycles. The van der Waals surface area contributed by atoms with Gasteiger partial charge in [-0.05, 0) is 39.5 Å². The SMILES string of the molecule is CC(C)C=NC(C)C.CC(C)C=NC(C)C.[S]=[V]. The zero-order chi connectivity index (χ0) is 15.1. The summed E-state index contributed by atoms with van der Waals surface area (Å²) in [6.45, 7) is 16.9. The molecule has 0 saturated heterocycles. The molecule has 0 saturated carbocycles. The van der Waals surface area contributed by atoms with Gasteiger partial charge in [0.2, 0.25) is 0 Å². The van der Waals surface area contributed by atoms with E-state index in [9.17, 15) is 0 Å². The van der Waals surface area contributed by atoms with Gasteiger partial charge in [0, 0.05) is 24.5 Å². The van der Waals surface area contributed by atoms with Crippen molar-refractivity contribution in [1.29, 1.82) is 0 Å². The van der Waals surface area contributed by atoms with Gasteiger partial charge < -0.3 is 0 Å². The molecule has 0 amide bonds. The average molecular weight is 309 g/mol. The molecule has 0 aliphatic heterocycles. The fraction of sp³-hybridized carbons (Fsp3) is 0.857. The van der Waals surface area contributed by atoms with Crippen LogP contribution >= 0.6 is 10.3 Å². The summed E-state index contributed by atoms with van der Waals surface area (Å²) in [5.74, 6) is 1.19. The van der Waals surface area contributed by atoms with Crippen molar-refractivity contribution in [2.45, 2.75) is 67.5 Å². The topological polar surface area (TPSA) is 24.7 Å². The van der Waals surface area contributed by atoms with Crippen molar-refractivity contribution in [2.75, 3.05) is 0 Å². The summed E-state index contributed by atoms with van der Waals surface area (Å²) >= 11 is 1.90. The Hall–Kier alpha value is 0.144. The van der Waals surface area contributed by atoms with Crippen LogP contribution in [0.5, 0.6) is 0 Å². The number of aliphatic imine (C=N–C) groups is 2. The second-order valence-electron chi connectivity index (χ2n) is 5.27. The minimum absolute atomic E-state index is 0.456. The zero-order valence-electron chi connectivity index (χ0n) is 13.2. The van der Waals surface area contributed by atoms with Gasteiger partial charge in [-0.25, -0.2) is 0 Å². The number of hydrogen-bond acceptors (Lipinski definition) is 3. The minimum atomic E-state index is 0.456. The molecule has 0 aliphatic rings. The van der Waals surface area contributed by atoms with E-state index in [1.54, 1.807) is 0 Å². The van der Waals surface area contributed by atoms with Crippen molar-refractivity contribution >= 4 is 22.7 Å². The molecule has 0 aromatic carbocycles. The molecule has 0 aromatic heterocycles. The molecule has 0 aromatic rings. The van der Waals surface area contributed by atoms with Gasteiger partial charge in [0.15, 0.2) is 0 Å². The van der Waals surface area contributed by atoms with E-state index in [2.05, 4.69) is 75.7 Å². The first-order valence-electron chi connectivity index (χ1n) is 6.50. The van der Waals surface area contributed by atoms with Crippen LogP contribution in [-0.4, -0.2) is 24.5 Å². The molecule has 0 fully saturated rings. The van der Waals surface area contributed by atoms with E-state index in [0.29, 0.717) is 23.9 Å². The van der Waals surface area contributed by atoms with E-state index in [1.165, 1.54) is 0 Å². The molecule has 0 N–H and O–H groups in total. The summed E-state index contributed by atoms with van der Waals surface area (Å²) in [5.41, 5.74) is 0. The van der Waals surface area contributed by atoms with Gasteiger partial charge in [-0.1, -0.05) is 27.7 Å². The van der Waals surface area contributed by atoms with Crippen molar-refractivity contribution in [3.8, 4) is 0 Å². The maximum absolute atomic E-state index is 4.20. The van der Waals surface area contributed by atoms with Gasteiger partial charge >= 0.3 is 26.0 Å². The molecule has 107 valence electrons. The number of nitrogens with zero attached hydrogens (tertiary/aromatic N) is 2. The van der Waals surface area contributed by atoms with Crippen LogP contribution in [0.2, 0.25) is 0 Å². The average Bonchev–Trinajstić information content (AvgIpc) is 2.27. The van der Waals surface area contributed by atoms with E-state index in [1.807, 2.05) is 28.2 Å². The number of hydrogen-bond donors (Lipinski definition) is 0. The third-order valence-electron chi connectivity index (χ3n) is 1.36. The molecule has 0 radical (unpaired) electrons. The summed E-state index contributed by atoms with van der Waals surface area (Å²) in [6, 6.07) is 0.912. The molecule has 0 unspecified atom stereocenters. The van der Waals surface area contributed by atoms with Gasteiger partial charge in [-0.3, -0.25) is 9.98 Å². The number of rotatable bonds is 4. The van der Waals surface area contributed by atoms with E-state index >= 15 is 0 Å². The van der Waals surface area contributed by atoms with Gasteiger partial charge in [-0.15, -0.1) is 0 Å². The molecule has 18 heavy (non-hydrogen) atoms. The summed E-state index contributed by atoms with van der Waals surface area (Å²) in [7, 11) is 4.02. The predicted molar refractivity (Wildman–Crippen MR) is 84.5 cm³/mol. The van der Waals surface area contributed by atoms with Gasteiger partial charge in [0.05, 0.1) is 0 Å². The van der Waals surface area contributed by atoms with Crippen LogP contribution in [-0.2, 0) is 15.7 Å². The van der Waals surface area contributed by atoms with E-state index in [4.69, 9.17) is 0 Å². The molecule has 0 rings (SSSR count). The molecule has 4 heteroatoms. The molecule has 0 atom stereocenters. The van der Waals surface area contributed by atoms with E-state index in [0.717, 1.165) is 0 Å². The third-order valence-corrected chi connectivity index (χ3v) is 1.36. The summed E-state index contributed by atoms with van der Waals surface area (Å²) in [5, 5.41) is 0. The van der Waals surface area contributed by atoms with Crippen molar-refractivity contribution in [2.24, 2.45) is 21.8 Å². The Bertz CT molecular complexity index is 170. The van der Waals surface area contributed by atoms with Gasteiger partial charge in [0.1, 0.15) is 0 Å². The van der Waals surface area contributed by atoms with Crippen LogP contribution < -0.4 is 0 Å². The summed E-state index contributed by atoms with van der Waals surface area (Å²) < 4.78 is 0. The Morgan fingerprint density at radius 2 is 0.889 bits per heavy atom. The Labute approximate surface area is 127 Å². The van der Waals surface area contributed by atoms with Crippen LogP contribution in [0.1, 0.15) is 55.4 Å². The molecular weight excluding hydrogens is 279 g/mol. The molecule has 2 nitrogen and oxygen atoms in total. The van der Waals surface area contributed by atoms with Gasteiger partial charge in [0.25, 0.3) is 0 Å². The Kier molecular flexibility index (Phi) is 22.1. The Morgan fingerprint density at radius 1 is 0.667 bits per heavy atom. The fourth-order valence-corrected chi connectivity index (χ4v) is 0.689. The fourth-order valence-electron chi connectivity index (χ4n) is 0.689. The normalized spacial score (nSPS) is 11.1. The van der Waals surface area contributed by atoms with Crippen LogP contribution in [0.3, 0.4) is 0 Å². The summed E-state index contributed by atoms with van der Waals surface area (Å²) in [4.78, 5) is 8.40. The van der Waals surface area contributed by atoms with Crippen LogP contribution in [0, 0.1) is 11.8 Å². The molecule has 0 bridgehead atoms. The zero-order valence-corrected chi connectivity index (χ0v) is 15.4. The molecule has 0 heterocycles. The standard InChI is InChI=1S/2C7H15N.S.V/c2*1-6(2)5-8-7(3)4;;/h2*5-7H,1-4H3;;. The predicted octanol–water partition coefficient (Wildman–Crippen LogP) is 4.89. The van der Waals surface area contributed by atoms with Crippen molar-refractivity contribution in [1.82, 2.24) is 0 Å². The third kappa shape index (κ3) is 36.0. The summed E-state index contributed by atoms with van der Waals surface area (Å²) in [6.07, 6.45) is 3.98. The Morgan fingerprint density at radius 3 is 0.944 bits per heavy atom. The maximum atomic E-state index is 4.20. The van der Waals surface area contributed by atoms with Crippen LogP contribution in [0.15, 0.2) is 9.98 Å². The van der Waals surface area contributed by atoms with Crippen molar-refractivity contribution < 1.29 is 15.7 Å². The Balaban J connectivity index is -0.000000219. The van der Waals surface area contributed by atoms with Crippen molar-refractivity contribution in [3.05, 3.63) is 0 Å². The molecule has 0 spiro atoms. The van der Waals surface area contributed by atoms with Gasteiger partial charge in [-0.2, -0.15) is 0 Å². The van der Waals surface area contributed by atoms with E-state index in [-0.39, 0.29) is 0 Å². The second kappa shape index (κ2) is 17.1. The first kappa shape index (κ1) is 23.3. The first-order chi connectivity index (χ1) is 8.25. The van der Waals surface area contributed by atoms with Crippen molar-refractivity contribution in [3.63, 3.8) is 0 Å². The van der Waals surface area contributed by atoms with E-state index < -0.39 is 0 Å². The monoisotopic (exact) mass is 309 g/mol.